The van der Waals surface area contributed by atoms with Gasteiger partial charge in [-0.1, -0.05) is 18.2 Å². The summed E-state index contributed by atoms with van der Waals surface area (Å²) >= 11 is 10.9. The smallest absolute Gasteiger partial charge is 0.173 e. The van der Waals surface area contributed by atoms with Gasteiger partial charge >= 0.3 is 0 Å². The summed E-state index contributed by atoms with van der Waals surface area (Å²) in [5.41, 5.74) is 2.32. The van der Waals surface area contributed by atoms with E-state index < -0.39 is 0 Å². The lowest BCUT2D eigenvalue weighted by atomic mass is 10.2. The Morgan fingerprint density at radius 1 is 1.17 bits per heavy atom. The van der Waals surface area contributed by atoms with Gasteiger partial charge in [0.1, 0.15) is 0 Å². The number of halogens is 1. The van der Waals surface area contributed by atoms with E-state index in [-0.39, 0.29) is 0 Å². The van der Waals surface area contributed by atoms with Crippen LogP contribution in [0, 0.1) is 6.92 Å². The Morgan fingerprint density at radius 3 is 2.57 bits per heavy atom. The molecule has 1 aliphatic rings. The monoisotopic (exact) mass is 409 g/mol. The standard InChI is InChI=1S/C17H20BrN3S2/c1-13-4-2-3-5-15(13)19-17(22)21-10-8-20(9-11-21)12-14-6-7-16(18)23-14/h2-7H,8-12H2,1H3,(H,19,22). The maximum atomic E-state index is 5.58. The van der Waals surface area contributed by atoms with E-state index in [0.29, 0.717) is 0 Å². The second-order valence-electron chi connectivity index (χ2n) is 5.71. The average Bonchev–Trinajstić information content (AvgIpc) is 2.95. The van der Waals surface area contributed by atoms with Crippen LogP contribution < -0.4 is 5.32 Å². The molecule has 6 heteroatoms. The number of hydrogen-bond acceptors (Lipinski definition) is 3. The molecule has 2 aromatic rings. The molecule has 2 heterocycles. The number of rotatable bonds is 3. The number of anilines is 1. The Kier molecular flexibility index (Phi) is 5.69. The van der Waals surface area contributed by atoms with Gasteiger partial charge in [-0.15, -0.1) is 11.3 Å². The van der Waals surface area contributed by atoms with Gasteiger partial charge in [0.05, 0.1) is 3.79 Å². The number of para-hydroxylation sites is 1. The molecule has 1 saturated heterocycles. The Labute approximate surface area is 155 Å². The van der Waals surface area contributed by atoms with Crippen molar-refractivity contribution in [1.29, 1.82) is 0 Å². The number of aryl methyl sites for hydroxylation is 1. The number of nitrogens with zero attached hydrogens (tertiary/aromatic N) is 2. The van der Waals surface area contributed by atoms with Crippen LogP contribution in [-0.4, -0.2) is 41.1 Å². The largest absolute Gasteiger partial charge is 0.346 e. The van der Waals surface area contributed by atoms with Crippen LogP contribution in [0.4, 0.5) is 5.69 Å². The maximum Gasteiger partial charge on any atom is 0.173 e. The second kappa shape index (κ2) is 7.75. The van der Waals surface area contributed by atoms with E-state index in [1.54, 1.807) is 0 Å². The molecule has 0 saturated carbocycles. The van der Waals surface area contributed by atoms with Gasteiger partial charge in [-0.05, 0) is 58.8 Å². The fourth-order valence-corrected chi connectivity index (χ4v) is 4.49. The van der Waals surface area contributed by atoms with Crippen LogP contribution in [0.15, 0.2) is 40.2 Å². The predicted molar refractivity (Wildman–Crippen MR) is 106 cm³/mol. The average molecular weight is 410 g/mol. The minimum absolute atomic E-state index is 0.831. The van der Waals surface area contributed by atoms with Crippen molar-refractivity contribution in [2.24, 2.45) is 0 Å². The van der Waals surface area contributed by atoms with Crippen LogP contribution in [0.2, 0.25) is 0 Å². The number of hydrogen-bond donors (Lipinski definition) is 1. The molecule has 0 amide bonds. The van der Waals surface area contributed by atoms with Gasteiger partial charge in [0.2, 0.25) is 0 Å². The third-order valence-electron chi connectivity index (χ3n) is 4.05. The molecule has 0 unspecified atom stereocenters. The summed E-state index contributed by atoms with van der Waals surface area (Å²) in [6, 6.07) is 12.6. The van der Waals surface area contributed by atoms with Crippen LogP contribution in [0.25, 0.3) is 0 Å². The van der Waals surface area contributed by atoms with E-state index in [1.807, 2.05) is 23.5 Å². The second-order valence-corrected chi connectivity index (χ2v) is 8.65. The van der Waals surface area contributed by atoms with Crippen LogP contribution >= 0.6 is 39.5 Å². The molecule has 0 atom stereocenters. The summed E-state index contributed by atoms with van der Waals surface area (Å²) in [6.07, 6.45) is 0. The highest BCUT2D eigenvalue weighted by Crippen LogP contribution is 2.23. The van der Waals surface area contributed by atoms with E-state index >= 15 is 0 Å². The highest BCUT2D eigenvalue weighted by atomic mass is 79.9. The van der Waals surface area contributed by atoms with Crippen LogP contribution in [0.5, 0.6) is 0 Å². The van der Waals surface area contributed by atoms with Crippen molar-refractivity contribution >= 4 is 50.3 Å². The minimum atomic E-state index is 0.831. The maximum absolute atomic E-state index is 5.58. The molecule has 23 heavy (non-hydrogen) atoms. The minimum Gasteiger partial charge on any atom is -0.346 e. The first kappa shape index (κ1) is 16.9. The van der Waals surface area contributed by atoms with Crippen molar-refractivity contribution in [1.82, 2.24) is 9.80 Å². The molecule has 0 bridgehead atoms. The van der Waals surface area contributed by atoms with Crippen molar-refractivity contribution < 1.29 is 0 Å². The molecule has 3 nitrogen and oxygen atoms in total. The molecule has 1 aromatic heterocycles. The lowest BCUT2D eigenvalue weighted by Gasteiger charge is -2.36. The summed E-state index contributed by atoms with van der Waals surface area (Å²) in [5, 5.41) is 4.21. The van der Waals surface area contributed by atoms with Gasteiger partial charge in [-0.2, -0.15) is 0 Å². The molecule has 3 rings (SSSR count). The molecule has 122 valence electrons. The molecule has 1 fully saturated rings. The van der Waals surface area contributed by atoms with Crippen molar-refractivity contribution in [3.05, 3.63) is 50.6 Å². The van der Waals surface area contributed by atoms with Crippen LogP contribution in [-0.2, 0) is 6.54 Å². The van der Waals surface area contributed by atoms with Crippen LogP contribution in [0.3, 0.4) is 0 Å². The summed E-state index contributed by atoms with van der Waals surface area (Å²) in [4.78, 5) is 6.17. The third-order valence-corrected chi connectivity index (χ3v) is 6.02. The predicted octanol–water partition coefficient (Wildman–Crippen LogP) is 4.33. The van der Waals surface area contributed by atoms with E-state index in [4.69, 9.17) is 12.2 Å². The lowest BCUT2D eigenvalue weighted by Crippen LogP contribution is -2.49. The Morgan fingerprint density at radius 2 is 1.91 bits per heavy atom. The van der Waals surface area contributed by atoms with Gasteiger partial charge in [-0.3, -0.25) is 4.90 Å². The van der Waals surface area contributed by atoms with Crippen molar-refractivity contribution in [3.63, 3.8) is 0 Å². The third kappa shape index (κ3) is 4.53. The van der Waals surface area contributed by atoms with E-state index in [9.17, 15) is 0 Å². The van der Waals surface area contributed by atoms with Gasteiger partial charge in [0, 0.05) is 43.3 Å². The number of benzene rings is 1. The number of thiophene rings is 1. The van der Waals surface area contributed by atoms with Gasteiger partial charge in [0.15, 0.2) is 5.11 Å². The van der Waals surface area contributed by atoms with Gasteiger partial charge in [-0.25, -0.2) is 0 Å². The lowest BCUT2D eigenvalue weighted by molar-refractivity contribution is 0.178. The van der Waals surface area contributed by atoms with Crippen molar-refractivity contribution in [2.45, 2.75) is 13.5 Å². The Hall–Kier alpha value is -0.950. The summed E-state index contributed by atoms with van der Waals surface area (Å²) in [6.45, 7) is 7.18. The van der Waals surface area contributed by atoms with Gasteiger partial charge < -0.3 is 10.2 Å². The van der Waals surface area contributed by atoms with E-state index in [2.05, 4.69) is 62.2 Å². The fraction of sp³-hybridized carbons (Fsp3) is 0.353. The van der Waals surface area contributed by atoms with Gasteiger partial charge in [0.25, 0.3) is 0 Å². The molecule has 1 aromatic carbocycles. The zero-order valence-corrected chi connectivity index (χ0v) is 16.3. The zero-order valence-electron chi connectivity index (χ0n) is 13.1. The zero-order chi connectivity index (χ0) is 16.2. The van der Waals surface area contributed by atoms with Crippen LogP contribution in [0.1, 0.15) is 10.4 Å². The highest BCUT2D eigenvalue weighted by molar-refractivity contribution is 9.11. The Bertz CT molecular complexity index is 678. The summed E-state index contributed by atoms with van der Waals surface area (Å²) < 4.78 is 1.20. The Balaban J connectivity index is 1.50. The highest BCUT2D eigenvalue weighted by Gasteiger charge is 2.19. The molecule has 0 spiro atoms. The molecule has 1 aliphatic heterocycles. The summed E-state index contributed by atoms with van der Waals surface area (Å²) in [5.74, 6) is 0. The first-order valence-corrected chi connectivity index (χ1v) is 9.72. The SMILES string of the molecule is Cc1ccccc1NC(=S)N1CCN(Cc2ccc(Br)s2)CC1. The number of nitrogens with one attached hydrogen (secondary N) is 1. The molecule has 0 radical (unpaired) electrons. The quantitative estimate of drug-likeness (QED) is 0.759. The number of thiocarbonyl (C=S) groups is 1. The number of piperazine rings is 1. The molecule has 0 aliphatic carbocycles. The first-order valence-electron chi connectivity index (χ1n) is 7.70. The van der Waals surface area contributed by atoms with Crippen molar-refractivity contribution in [2.75, 3.05) is 31.5 Å². The van der Waals surface area contributed by atoms with E-state index in [0.717, 1.165) is 43.5 Å². The first-order chi connectivity index (χ1) is 11.1. The topological polar surface area (TPSA) is 18.5 Å². The fourth-order valence-electron chi connectivity index (χ4n) is 2.67. The normalized spacial score (nSPS) is 15.7. The molecular formula is C17H20BrN3S2. The summed E-state index contributed by atoms with van der Waals surface area (Å²) in [7, 11) is 0. The van der Waals surface area contributed by atoms with Crippen molar-refractivity contribution in [3.8, 4) is 0 Å². The van der Waals surface area contributed by atoms with E-state index in [1.165, 1.54) is 14.2 Å². The molecular weight excluding hydrogens is 390 g/mol. The molecule has 1 N–H and O–H groups in total.